The molecule has 2 aromatic rings. The molecule has 2 aromatic heterocycles. The zero-order chi connectivity index (χ0) is 17.8. The molecule has 26 heavy (non-hydrogen) atoms. The third kappa shape index (κ3) is 4.01. The molecule has 4 rings (SSSR count). The van der Waals surface area contributed by atoms with Crippen LogP contribution in [0.4, 0.5) is 0 Å². The number of aromatic nitrogens is 1. The number of hydrogen-bond acceptors (Lipinski definition) is 5. The second-order valence-electron chi connectivity index (χ2n) is 7.90. The number of rotatable bonds is 6. The minimum atomic E-state index is 0.433. The average Bonchev–Trinajstić information content (AvgIpc) is 3.28. The normalized spacial score (nSPS) is 23.7. The largest absolute Gasteiger partial charge is 0.384 e. The molecule has 140 valence electrons. The van der Waals surface area contributed by atoms with Gasteiger partial charge in [0.15, 0.2) is 0 Å². The first-order chi connectivity index (χ1) is 12.8. The minimum absolute atomic E-state index is 0.433. The highest BCUT2D eigenvalue weighted by Gasteiger charge is 2.47. The molecule has 0 radical (unpaired) electrons. The molecule has 0 aromatic carbocycles. The fourth-order valence-corrected chi connectivity index (χ4v) is 5.53. The predicted octanol–water partition coefficient (Wildman–Crippen LogP) is 3.50. The summed E-state index contributed by atoms with van der Waals surface area (Å²) < 4.78 is 5.61. The van der Waals surface area contributed by atoms with Gasteiger partial charge in [-0.25, -0.2) is 0 Å². The van der Waals surface area contributed by atoms with Gasteiger partial charge in [0.25, 0.3) is 0 Å². The van der Waals surface area contributed by atoms with E-state index in [0.717, 1.165) is 19.7 Å². The molecule has 4 heterocycles. The smallest absolute Gasteiger partial charge is 0.0508 e. The molecule has 0 saturated carbocycles. The molecule has 2 aliphatic heterocycles. The maximum atomic E-state index is 5.61. The van der Waals surface area contributed by atoms with Gasteiger partial charge in [0.1, 0.15) is 0 Å². The molecule has 0 bridgehead atoms. The lowest BCUT2D eigenvalue weighted by molar-refractivity contribution is 0.0350. The lowest BCUT2D eigenvalue weighted by atomic mass is 9.71. The Balaban J connectivity index is 1.38. The van der Waals surface area contributed by atoms with Gasteiger partial charge in [-0.05, 0) is 60.5 Å². The SMILES string of the molecule is COC[C@@H]1CN(Cc2cccs2)CC12CCN(Cc1ccncc1)CC2. The molecule has 0 N–H and O–H groups in total. The third-order valence-electron chi connectivity index (χ3n) is 6.22. The van der Waals surface area contributed by atoms with Crippen molar-refractivity contribution in [2.75, 3.05) is 39.9 Å². The Morgan fingerprint density at radius 3 is 2.65 bits per heavy atom. The summed E-state index contributed by atoms with van der Waals surface area (Å²) in [7, 11) is 1.86. The highest BCUT2D eigenvalue weighted by atomic mass is 32.1. The second-order valence-corrected chi connectivity index (χ2v) is 8.93. The summed E-state index contributed by atoms with van der Waals surface area (Å²) in [6.45, 7) is 7.82. The van der Waals surface area contributed by atoms with E-state index in [9.17, 15) is 0 Å². The maximum Gasteiger partial charge on any atom is 0.0508 e. The lowest BCUT2D eigenvalue weighted by Gasteiger charge is -2.42. The van der Waals surface area contributed by atoms with E-state index in [1.807, 2.05) is 30.8 Å². The Kier molecular flexibility index (Phi) is 5.69. The fraction of sp³-hybridized carbons (Fsp3) is 0.571. The number of hydrogen-bond donors (Lipinski definition) is 0. The van der Waals surface area contributed by atoms with Gasteiger partial charge < -0.3 is 4.74 Å². The molecular weight excluding hydrogens is 342 g/mol. The summed E-state index contributed by atoms with van der Waals surface area (Å²) in [5.41, 5.74) is 1.80. The molecular formula is C21H29N3OS. The van der Waals surface area contributed by atoms with Crippen molar-refractivity contribution in [3.05, 3.63) is 52.5 Å². The van der Waals surface area contributed by atoms with Gasteiger partial charge in [0.05, 0.1) is 6.61 Å². The Morgan fingerprint density at radius 2 is 1.96 bits per heavy atom. The van der Waals surface area contributed by atoms with Crippen molar-refractivity contribution in [1.82, 2.24) is 14.8 Å². The van der Waals surface area contributed by atoms with Crippen LogP contribution in [0.3, 0.4) is 0 Å². The van der Waals surface area contributed by atoms with Crippen LogP contribution in [0.2, 0.25) is 0 Å². The van der Waals surface area contributed by atoms with Crippen LogP contribution in [0.15, 0.2) is 42.0 Å². The summed E-state index contributed by atoms with van der Waals surface area (Å²) >= 11 is 1.87. The van der Waals surface area contributed by atoms with E-state index in [4.69, 9.17) is 4.74 Å². The first-order valence-electron chi connectivity index (χ1n) is 9.62. The van der Waals surface area contributed by atoms with E-state index in [2.05, 4.69) is 44.4 Å². The van der Waals surface area contributed by atoms with Crippen LogP contribution >= 0.6 is 11.3 Å². The Bertz CT molecular complexity index is 668. The van der Waals surface area contributed by atoms with Gasteiger partial charge in [-0.15, -0.1) is 11.3 Å². The van der Waals surface area contributed by atoms with E-state index in [1.54, 1.807) is 0 Å². The highest BCUT2D eigenvalue weighted by molar-refractivity contribution is 7.09. The summed E-state index contributed by atoms with van der Waals surface area (Å²) in [6.07, 6.45) is 6.36. The monoisotopic (exact) mass is 371 g/mol. The molecule has 0 aliphatic carbocycles. The number of nitrogens with zero attached hydrogens (tertiary/aromatic N) is 3. The third-order valence-corrected chi connectivity index (χ3v) is 7.08. The molecule has 2 aliphatic rings. The zero-order valence-corrected chi connectivity index (χ0v) is 16.5. The second kappa shape index (κ2) is 8.17. The topological polar surface area (TPSA) is 28.6 Å². The molecule has 0 unspecified atom stereocenters. The van der Waals surface area contributed by atoms with Crippen LogP contribution in [0, 0.1) is 11.3 Å². The van der Waals surface area contributed by atoms with Crippen LogP contribution in [-0.4, -0.2) is 54.7 Å². The minimum Gasteiger partial charge on any atom is -0.384 e. The average molecular weight is 372 g/mol. The van der Waals surface area contributed by atoms with Crippen LogP contribution in [0.1, 0.15) is 23.3 Å². The van der Waals surface area contributed by atoms with Gasteiger partial charge in [-0.1, -0.05) is 6.07 Å². The Labute approximate surface area is 160 Å². The predicted molar refractivity (Wildman–Crippen MR) is 106 cm³/mol. The zero-order valence-electron chi connectivity index (χ0n) is 15.6. The molecule has 2 saturated heterocycles. The number of thiophene rings is 1. The Hall–Kier alpha value is -1.27. The van der Waals surface area contributed by atoms with Gasteiger partial charge in [0.2, 0.25) is 0 Å². The van der Waals surface area contributed by atoms with Crippen LogP contribution in [0.25, 0.3) is 0 Å². The lowest BCUT2D eigenvalue weighted by Crippen LogP contribution is -2.44. The van der Waals surface area contributed by atoms with Crippen LogP contribution in [-0.2, 0) is 17.8 Å². The maximum absolute atomic E-state index is 5.61. The van der Waals surface area contributed by atoms with E-state index < -0.39 is 0 Å². The van der Waals surface area contributed by atoms with E-state index >= 15 is 0 Å². The van der Waals surface area contributed by atoms with Gasteiger partial charge >= 0.3 is 0 Å². The first-order valence-corrected chi connectivity index (χ1v) is 10.5. The number of pyridine rings is 1. The van der Waals surface area contributed by atoms with Crippen LogP contribution in [0.5, 0.6) is 0 Å². The fourth-order valence-electron chi connectivity index (χ4n) is 4.79. The number of likely N-dealkylation sites (tertiary alicyclic amines) is 2. The van der Waals surface area contributed by atoms with E-state index in [0.29, 0.717) is 11.3 Å². The molecule has 1 atom stereocenters. The van der Waals surface area contributed by atoms with Crippen molar-refractivity contribution < 1.29 is 4.74 Å². The molecule has 0 amide bonds. The van der Waals surface area contributed by atoms with Gasteiger partial charge in [-0.3, -0.25) is 14.8 Å². The standard InChI is InChI=1S/C21H29N3OS/c1-25-16-19-14-24(15-20-3-2-12-26-20)17-21(19)6-10-23(11-7-21)13-18-4-8-22-9-5-18/h2-5,8-9,12,19H,6-7,10-11,13-17H2,1H3/t19-/m0/s1. The van der Waals surface area contributed by atoms with Crippen molar-refractivity contribution >= 4 is 11.3 Å². The quantitative estimate of drug-likeness (QED) is 0.777. The summed E-state index contributed by atoms with van der Waals surface area (Å²) in [4.78, 5) is 10.9. The molecule has 5 heteroatoms. The number of piperidine rings is 1. The molecule has 2 fully saturated rings. The molecule has 4 nitrogen and oxygen atoms in total. The summed E-state index contributed by atoms with van der Waals surface area (Å²) in [5.74, 6) is 0.663. The van der Waals surface area contributed by atoms with Crippen molar-refractivity contribution in [2.24, 2.45) is 11.3 Å². The number of methoxy groups -OCH3 is 1. The Morgan fingerprint density at radius 1 is 1.15 bits per heavy atom. The van der Waals surface area contributed by atoms with Gasteiger partial charge in [-0.2, -0.15) is 0 Å². The van der Waals surface area contributed by atoms with E-state index in [1.165, 1.54) is 49.5 Å². The first kappa shape index (κ1) is 18.1. The highest BCUT2D eigenvalue weighted by Crippen LogP contribution is 2.45. The molecule has 1 spiro atoms. The van der Waals surface area contributed by atoms with E-state index in [-0.39, 0.29) is 0 Å². The number of ether oxygens (including phenoxy) is 1. The van der Waals surface area contributed by atoms with Crippen molar-refractivity contribution in [2.45, 2.75) is 25.9 Å². The van der Waals surface area contributed by atoms with Crippen molar-refractivity contribution in [1.29, 1.82) is 0 Å². The van der Waals surface area contributed by atoms with Gasteiger partial charge in [0, 0.05) is 56.5 Å². The van der Waals surface area contributed by atoms with Crippen LogP contribution < -0.4 is 0 Å². The summed E-state index contributed by atoms with van der Waals surface area (Å²) in [6, 6.07) is 8.70. The van der Waals surface area contributed by atoms with Crippen molar-refractivity contribution in [3.63, 3.8) is 0 Å². The summed E-state index contributed by atoms with van der Waals surface area (Å²) in [5, 5.41) is 2.19. The van der Waals surface area contributed by atoms with Crippen molar-refractivity contribution in [3.8, 4) is 0 Å².